The van der Waals surface area contributed by atoms with Crippen molar-refractivity contribution in [3.63, 3.8) is 0 Å². The van der Waals surface area contributed by atoms with Crippen LogP contribution in [0.15, 0.2) is 146 Å². The van der Waals surface area contributed by atoms with Gasteiger partial charge in [0.15, 0.2) is 6.10 Å². The Balaban J connectivity index is 4.62. The Kier molecular flexibility index (Phi) is 42.3. The molecule has 0 aliphatic carbocycles. The summed E-state index contributed by atoms with van der Waals surface area (Å²) < 4.78 is 16.6. The minimum absolute atomic E-state index is 0.135. The SMILES string of the molecule is CC\C=C/C=C\C=C/C=C\C=C\C=C/CCCCCC(=O)OCC(COC(=O)CCCC/C=C\C/C=C\C/C=C\CC)OC(=O)CCCC/C=C\C/C=C\C/C=C\CC. The van der Waals surface area contributed by atoms with Crippen LogP contribution in [0.25, 0.3) is 0 Å². The van der Waals surface area contributed by atoms with Gasteiger partial charge in [0.1, 0.15) is 13.2 Å². The first-order valence-electron chi connectivity index (χ1n) is 22.4. The third-order valence-corrected chi connectivity index (χ3v) is 8.48. The smallest absolute Gasteiger partial charge is 0.306 e. The maximum Gasteiger partial charge on any atom is 0.306 e. The fraction of sp³-hybridized carbons (Fsp3) is 0.491. The summed E-state index contributed by atoms with van der Waals surface area (Å²) in [6.07, 6.45) is 65.5. The second-order valence-corrected chi connectivity index (χ2v) is 14.0. The summed E-state index contributed by atoms with van der Waals surface area (Å²) in [6, 6.07) is 0. The van der Waals surface area contributed by atoms with E-state index in [1.807, 2.05) is 60.8 Å². The summed E-state index contributed by atoms with van der Waals surface area (Å²) >= 11 is 0. The number of ether oxygens (including phenoxy) is 3. The molecule has 0 saturated carbocycles. The summed E-state index contributed by atoms with van der Waals surface area (Å²) in [4.78, 5) is 37.7. The largest absolute Gasteiger partial charge is 0.462 e. The first-order chi connectivity index (χ1) is 29.0. The predicted octanol–water partition coefficient (Wildman–Crippen LogP) is 14.5. The highest BCUT2D eigenvalue weighted by Crippen LogP contribution is 2.10. The normalized spacial score (nSPS) is 13.5. The van der Waals surface area contributed by atoms with E-state index in [0.29, 0.717) is 19.3 Å². The lowest BCUT2D eigenvalue weighted by Gasteiger charge is -2.18. The second kappa shape index (κ2) is 46.0. The molecule has 0 aromatic heterocycles. The van der Waals surface area contributed by atoms with Gasteiger partial charge in [0.25, 0.3) is 0 Å². The number of carbonyl (C=O) groups is 3. The van der Waals surface area contributed by atoms with E-state index in [1.165, 1.54) is 0 Å². The zero-order valence-electron chi connectivity index (χ0n) is 36.9. The van der Waals surface area contributed by atoms with E-state index in [4.69, 9.17) is 14.2 Å². The van der Waals surface area contributed by atoms with Crippen molar-refractivity contribution in [2.24, 2.45) is 0 Å². The highest BCUT2D eigenvalue weighted by atomic mass is 16.6. The standard InChI is InChI=1S/C53H78O6/c1-4-7-10-13-16-19-22-25-26-27-28-29-32-34-37-40-43-46-52(55)58-49-50(59-53(56)47-44-41-38-35-31-24-21-18-15-12-9-6-3)48-57-51(54)45-42-39-36-33-30-23-20-17-14-11-8-5-2/h7-13,16-22,25-33,35,50H,4-6,14-15,23-24,34,36-49H2,1-3H3/b10-7-,11-8-,12-9-,16-13-,20-17-,21-18-,22-19-,26-25-,28-27+,32-29-,33-30-,35-31-. The van der Waals surface area contributed by atoms with Crippen LogP contribution in [0.1, 0.15) is 149 Å². The van der Waals surface area contributed by atoms with Gasteiger partial charge >= 0.3 is 17.9 Å². The van der Waals surface area contributed by atoms with Crippen LogP contribution in [0, 0.1) is 0 Å². The van der Waals surface area contributed by atoms with E-state index in [1.54, 1.807) is 0 Å². The topological polar surface area (TPSA) is 78.9 Å². The lowest BCUT2D eigenvalue weighted by molar-refractivity contribution is -0.167. The van der Waals surface area contributed by atoms with Gasteiger partial charge in [0.05, 0.1) is 0 Å². The van der Waals surface area contributed by atoms with E-state index in [0.717, 1.165) is 89.9 Å². The van der Waals surface area contributed by atoms with Crippen molar-refractivity contribution in [3.05, 3.63) is 146 Å². The van der Waals surface area contributed by atoms with Gasteiger partial charge in [-0.2, -0.15) is 0 Å². The molecule has 0 aliphatic rings. The first-order valence-corrected chi connectivity index (χ1v) is 22.4. The molecule has 0 aromatic carbocycles. The average Bonchev–Trinajstić information content (AvgIpc) is 3.23. The van der Waals surface area contributed by atoms with Gasteiger partial charge in [0.2, 0.25) is 0 Å². The number of rotatable bonds is 37. The van der Waals surface area contributed by atoms with E-state index >= 15 is 0 Å². The van der Waals surface area contributed by atoms with Crippen LogP contribution < -0.4 is 0 Å². The highest BCUT2D eigenvalue weighted by Gasteiger charge is 2.19. The van der Waals surface area contributed by atoms with Gasteiger partial charge in [-0.3, -0.25) is 14.4 Å². The number of hydrogen-bond donors (Lipinski definition) is 0. The molecule has 0 amide bonds. The fourth-order valence-electron chi connectivity index (χ4n) is 5.20. The molecule has 0 N–H and O–H groups in total. The Morgan fingerprint density at radius 3 is 1.15 bits per heavy atom. The highest BCUT2D eigenvalue weighted by molar-refractivity contribution is 5.71. The lowest BCUT2D eigenvalue weighted by atomic mass is 10.1. The van der Waals surface area contributed by atoms with Crippen molar-refractivity contribution in [2.45, 2.75) is 155 Å². The number of esters is 3. The van der Waals surface area contributed by atoms with Crippen molar-refractivity contribution >= 4 is 17.9 Å². The molecule has 0 heterocycles. The molecule has 0 rings (SSSR count). The van der Waals surface area contributed by atoms with Gasteiger partial charge in [-0.05, 0) is 103 Å². The van der Waals surface area contributed by atoms with Crippen molar-refractivity contribution in [3.8, 4) is 0 Å². The molecule has 1 unspecified atom stereocenters. The predicted molar refractivity (Wildman–Crippen MR) is 251 cm³/mol. The molecule has 6 nitrogen and oxygen atoms in total. The molecule has 0 saturated heterocycles. The van der Waals surface area contributed by atoms with Crippen LogP contribution in [0.4, 0.5) is 0 Å². The Hall–Kier alpha value is -4.71. The van der Waals surface area contributed by atoms with E-state index in [9.17, 15) is 14.4 Å². The number of hydrogen-bond acceptors (Lipinski definition) is 6. The molecule has 59 heavy (non-hydrogen) atoms. The van der Waals surface area contributed by atoms with Crippen LogP contribution in [0.2, 0.25) is 0 Å². The van der Waals surface area contributed by atoms with Gasteiger partial charge in [0, 0.05) is 19.3 Å². The zero-order chi connectivity index (χ0) is 43.0. The van der Waals surface area contributed by atoms with Gasteiger partial charge in [-0.25, -0.2) is 0 Å². The van der Waals surface area contributed by atoms with Crippen LogP contribution in [-0.2, 0) is 28.6 Å². The molecular formula is C53H78O6. The van der Waals surface area contributed by atoms with Crippen molar-refractivity contribution in [1.82, 2.24) is 0 Å². The third-order valence-electron chi connectivity index (χ3n) is 8.48. The summed E-state index contributed by atoms with van der Waals surface area (Å²) in [5.41, 5.74) is 0. The Labute approximate surface area is 359 Å². The Bertz CT molecular complexity index is 1390. The molecule has 1 atom stereocenters. The van der Waals surface area contributed by atoms with Gasteiger partial charge < -0.3 is 14.2 Å². The summed E-state index contributed by atoms with van der Waals surface area (Å²) in [6.45, 7) is 6.10. The Morgan fingerprint density at radius 2 is 0.695 bits per heavy atom. The Morgan fingerprint density at radius 1 is 0.356 bits per heavy atom. The molecule has 0 bridgehead atoms. The van der Waals surface area contributed by atoms with E-state index < -0.39 is 6.10 Å². The zero-order valence-corrected chi connectivity index (χ0v) is 36.9. The number of allylic oxidation sites excluding steroid dienone is 24. The maximum atomic E-state index is 12.7. The molecule has 0 fully saturated rings. The summed E-state index contributed by atoms with van der Waals surface area (Å²) in [5, 5.41) is 0. The number of unbranched alkanes of at least 4 members (excludes halogenated alkanes) is 7. The molecule has 6 heteroatoms. The second-order valence-electron chi connectivity index (χ2n) is 14.0. The number of carbonyl (C=O) groups excluding carboxylic acids is 3. The summed E-state index contributed by atoms with van der Waals surface area (Å²) in [5.74, 6) is -1.08. The van der Waals surface area contributed by atoms with E-state index in [2.05, 4.69) is 106 Å². The van der Waals surface area contributed by atoms with Crippen molar-refractivity contribution in [2.75, 3.05) is 13.2 Å². The minimum atomic E-state index is -0.837. The van der Waals surface area contributed by atoms with Crippen LogP contribution in [0.3, 0.4) is 0 Å². The quantitative estimate of drug-likeness (QED) is 0.0204. The molecule has 0 spiro atoms. The van der Waals surface area contributed by atoms with Gasteiger partial charge in [-0.15, -0.1) is 0 Å². The van der Waals surface area contributed by atoms with Crippen molar-refractivity contribution in [1.29, 1.82) is 0 Å². The molecule has 0 radical (unpaired) electrons. The lowest BCUT2D eigenvalue weighted by Crippen LogP contribution is -2.30. The van der Waals surface area contributed by atoms with Crippen LogP contribution >= 0.6 is 0 Å². The monoisotopic (exact) mass is 811 g/mol. The van der Waals surface area contributed by atoms with Crippen LogP contribution in [-0.4, -0.2) is 37.2 Å². The van der Waals surface area contributed by atoms with E-state index in [-0.39, 0.29) is 50.4 Å². The van der Waals surface area contributed by atoms with Crippen LogP contribution in [0.5, 0.6) is 0 Å². The summed E-state index contributed by atoms with van der Waals surface area (Å²) in [7, 11) is 0. The molecule has 0 aromatic rings. The minimum Gasteiger partial charge on any atom is -0.462 e. The molecule has 326 valence electrons. The van der Waals surface area contributed by atoms with Crippen molar-refractivity contribution < 1.29 is 28.6 Å². The molecule has 0 aliphatic heterocycles. The van der Waals surface area contributed by atoms with Gasteiger partial charge in [-0.1, -0.05) is 173 Å². The molecular weight excluding hydrogens is 733 g/mol. The first kappa shape index (κ1) is 54.3. The third kappa shape index (κ3) is 44.2. The average molecular weight is 811 g/mol. The maximum absolute atomic E-state index is 12.7. The fourth-order valence-corrected chi connectivity index (χ4v) is 5.20.